The van der Waals surface area contributed by atoms with Gasteiger partial charge in [-0.3, -0.25) is 4.31 Å². The first-order chi connectivity index (χ1) is 15.9. The van der Waals surface area contributed by atoms with Gasteiger partial charge in [-0.2, -0.15) is 5.26 Å². The van der Waals surface area contributed by atoms with E-state index in [4.69, 9.17) is 22.1 Å². The van der Waals surface area contributed by atoms with Gasteiger partial charge in [-0.25, -0.2) is 8.42 Å². The number of benzene rings is 3. The predicted molar refractivity (Wildman–Crippen MR) is 127 cm³/mol. The number of allylic oxidation sites excluding steroid dienone is 2. The SMILES string of the molecule is N#CC1=C(N)OC2=C([C@H]1c1ccccc1)S(=O)(=O)N(Cc1ccc(Cl)cc1)c1ccccc12. The number of rotatable bonds is 3. The lowest BCUT2D eigenvalue weighted by Crippen LogP contribution is -2.39. The molecule has 0 unspecified atom stereocenters. The molecular formula is C25H18ClN3O3S. The van der Waals surface area contributed by atoms with Crippen molar-refractivity contribution in [3.8, 4) is 6.07 Å². The van der Waals surface area contributed by atoms with Gasteiger partial charge in [0.2, 0.25) is 5.88 Å². The predicted octanol–water partition coefficient (Wildman–Crippen LogP) is 4.87. The van der Waals surface area contributed by atoms with E-state index in [0.29, 0.717) is 21.8 Å². The van der Waals surface area contributed by atoms with Crippen LogP contribution >= 0.6 is 11.6 Å². The fraction of sp³-hybridized carbons (Fsp3) is 0.0800. The van der Waals surface area contributed by atoms with Gasteiger partial charge >= 0.3 is 0 Å². The lowest BCUT2D eigenvalue weighted by molar-refractivity contribution is 0.357. The van der Waals surface area contributed by atoms with Crippen LogP contribution in [0, 0.1) is 11.3 Å². The smallest absolute Gasteiger partial charge is 0.265 e. The number of sulfonamides is 1. The molecule has 0 radical (unpaired) electrons. The van der Waals surface area contributed by atoms with Crippen LogP contribution in [0.2, 0.25) is 5.02 Å². The van der Waals surface area contributed by atoms with Crippen molar-refractivity contribution in [1.82, 2.24) is 0 Å². The third kappa shape index (κ3) is 3.44. The monoisotopic (exact) mass is 475 g/mol. The number of anilines is 1. The maximum atomic E-state index is 14.1. The molecule has 2 aliphatic rings. The Kier molecular flexibility index (Phi) is 5.12. The van der Waals surface area contributed by atoms with E-state index < -0.39 is 15.9 Å². The molecule has 6 nitrogen and oxygen atoms in total. The van der Waals surface area contributed by atoms with E-state index in [1.54, 1.807) is 66.7 Å². The second-order valence-corrected chi connectivity index (χ2v) is 9.95. The third-order valence-electron chi connectivity index (χ3n) is 5.73. The van der Waals surface area contributed by atoms with E-state index in [1.165, 1.54) is 4.31 Å². The molecule has 2 aliphatic heterocycles. The summed E-state index contributed by atoms with van der Waals surface area (Å²) in [6, 6.07) is 25.2. The van der Waals surface area contributed by atoms with Crippen LogP contribution in [-0.4, -0.2) is 8.42 Å². The zero-order valence-electron chi connectivity index (χ0n) is 17.3. The first-order valence-corrected chi connectivity index (χ1v) is 12.0. The Balaban J connectivity index is 1.75. The number of nitriles is 1. The maximum absolute atomic E-state index is 14.1. The van der Waals surface area contributed by atoms with Crippen molar-refractivity contribution in [2.24, 2.45) is 5.73 Å². The van der Waals surface area contributed by atoms with Gasteiger partial charge in [-0.15, -0.1) is 0 Å². The molecule has 0 bridgehead atoms. The van der Waals surface area contributed by atoms with Gasteiger partial charge in [0.15, 0.2) is 5.76 Å². The van der Waals surface area contributed by atoms with Crippen LogP contribution in [-0.2, 0) is 21.3 Å². The lowest BCUT2D eigenvalue weighted by Gasteiger charge is -2.38. The topological polar surface area (TPSA) is 96.4 Å². The molecule has 3 aromatic carbocycles. The minimum atomic E-state index is -4.10. The first-order valence-electron chi connectivity index (χ1n) is 10.1. The van der Waals surface area contributed by atoms with Crippen molar-refractivity contribution < 1.29 is 13.2 Å². The normalized spacial score (nSPS) is 18.8. The highest BCUT2D eigenvalue weighted by Crippen LogP contribution is 2.51. The van der Waals surface area contributed by atoms with Crippen LogP contribution in [0.3, 0.4) is 0 Å². The van der Waals surface area contributed by atoms with Crippen LogP contribution in [0.4, 0.5) is 5.69 Å². The molecule has 0 spiro atoms. The van der Waals surface area contributed by atoms with Crippen LogP contribution < -0.4 is 10.0 Å². The Labute approximate surface area is 196 Å². The summed E-state index contributed by atoms with van der Waals surface area (Å²) in [6.07, 6.45) is 0. The van der Waals surface area contributed by atoms with E-state index in [2.05, 4.69) is 6.07 Å². The van der Waals surface area contributed by atoms with E-state index in [9.17, 15) is 13.7 Å². The summed E-state index contributed by atoms with van der Waals surface area (Å²) in [4.78, 5) is 0.00659. The molecule has 8 heteroatoms. The third-order valence-corrected chi connectivity index (χ3v) is 7.87. The Morgan fingerprint density at radius 3 is 2.36 bits per heavy atom. The van der Waals surface area contributed by atoms with Crippen molar-refractivity contribution in [1.29, 1.82) is 5.26 Å². The second-order valence-electron chi connectivity index (χ2n) is 7.68. The highest BCUT2D eigenvalue weighted by atomic mass is 35.5. The summed E-state index contributed by atoms with van der Waals surface area (Å²) in [6.45, 7) is 0.0931. The van der Waals surface area contributed by atoms with Crippen LogP contribution in [0.25, 0.3) is 5.76 Å². The molecule has 1 atom stereocenters. The van der Waals surface area contributed by atoms with Crippen LogP contribution in [0.1, 0.15) is 22.6 Å². The molecule has 33 heavy (non-hydrogen) atoms. The summed E-state index contributed by atoms with van der Waals surface area (Å²) >= 11 is 6.01. The largest absolute Gasteiger partial charge is 0.439 e. The van der Waals surface area contributed by atoms with Crippen molar-refractivity contribution in [2.45, 2.75) is 12.5 Å². The summed E-state index contributed by atoms with van der Waals surface area (Å²) in [7, 11) is -4.10. The average molecular weight is 476 g/mol. The zero-order valence-corrected chi connectivity index (χ0v) is 18.8. The first kappa shape index (κ1) is 21.1. The molecule has 2 heterocycles. The van der Waals surface area contributed by atoms with Gasteiger partial charge in [0.1, 0.15) is 16.5 Å². The van der Waals surface area contributed by atoms with Crippen LogP contribution in [0.5, 0.6) is 0 Å². The molecule has 0 amide bonds. The molecular weight excluding hydrogens is 458 g/mol. The van der Waals surface area contributed by atoms with Crippen molar-refractivity contribution in [3.05, 3.63) is 117 Å². The molecule has 0 fully saturated rings. The molecule has 0 saturated heterocycles. The Morgan fingerprint density at radius 2 is 1.67 bits per heavy atom. The van der Waals surface area contributed by atoms with Crippen molar-refractivity contribution in [2.75, 3.05) is 4.31 Å². The highest BCUT2D eigenvalue weighted by Gasteiger charge is 2.47. The zero-order chi connectivity index (χ0) is 23.2. The quantitative estimate of drug-likeness (QED) is 0.583. The van der Waals surface area contributed by atoms with Gasteiger partial charge in [0.25, 0.3) is 10.0 Å². The van der Waals surface area contributed by atoms with E-state index >= 15 is 0 Å². The van der Waals surface area contributed by atoms with Crippen molar-refractivity contribution in [3.63, 3.8) is 0 Å². The number of para-hydroxylation sites is 1. The molecule has 164 valence electrons. The molecule has 0 aliphatic carbocycles. The Morgan fingerprint density at radius 1 is 1.00 bits per heavy atom. The minimum Gasteiger partial charge on any atom is -0.439 e. The molecule has 2 N–H and O–H groups in total. The summed E-state index contributed by atoms with van der Waals surface area (Å²) in [5.74, 6) is -0.824. The minimum absolute atomic E-state index is 0.00659. The number of hydrogen-bond donors (Lipinski definition) is 1. The van der Waals surface area contributed by atoms with E-state index in [0.717, 1.165) is 5.56 Å². The summed E-state index contributed by atoms with van der Waals surface area (Å²) < 4.78 is 35.4. The van der Waals surface area contributed by atoms with Gasteiger partial charge in [-0.05, 0) is 35.4 Å². The number of nitrogens with two attached hydrogens (primary N) is 1. The van der Waals surface area contributed by atoms with E-state index in [1.807, 2.05) is 12.1 Å². The van der Waals surface area contributed by atoms with Gasteiger partial charge in [0, 0.05) is 10.6 Å². The number of ether oxygens (including phenoxy) is 1. The second kappa shape index (κ2) is 8.00. The van der Waals surface area contributed by atoms with Gasteiger partial charge in [0.05, 0.1) is 18.2 Å². The summed E-state index contributed by atoms with van der Waals surface area (Å²) in [5.41, 5.74) is 8.67. The molecule has 0 saturated carbocycles. The van der Waals surface area contributed by atoms with E-state index in [-0.39, 0.29) is 28.7 Å². The maximum Gasteiger partial charge on any atom is 0.265 e. The van der Waals surface area contributed by atoms with Crippen molar-refractivity contribution >= 4 is 33.1 Å². The molecule has 5 rings (SSSR count). The van der Waals surface area contributed by atoms with Crippen LogP contribution in [0.15, 0.2) is 95.2 Å². The summed E-state index contributed by atoms with van der Waals surface area (Å²) in [5, 5.41) is 10.4. The number of halogens is 1. The molecule has 0 aromatic heterocycles. The number of hydrogen-bond acceptors (Lipinski definition) is 5. The fourth-order valence-corrected chi connectivity index (χ4v) is 6.25. The highest BCUT2D eigenvalue weighted by molar-refractivity contribution is 7.96. The fourth-order valence-electron chi connectivity index (χ4n) is 4.21. The number of fused-ring (bicyclic) bond motifs is 2. The average Bonchev–Trinajstić information content (AvgIpc) is 2.82. The standard InChI is InChI=1S/C25H18ClN3O3S/c26-18-12-10-16(11-13-18)15-29-21-9-5-4-8-19(21)23-24(33(29,30)31)22(17-6-2-1-3-7-17)20(14-27)25(28)32-23/h1-13,22H,15,28H2/t22-/m0/s1. The lowest BCUT2D eigenvalue weighted by atomic mass is 9.88. The molecule has 3 aromatic rings. The van der Waals surface area contributed by atoms with Gasteiger partial charge in [-0.1, -0.05) is 66.2 Å². The number of nitrogens with zero attached hydrogens (tertiary/aromatic N) is 2. The van der Waals surface area contributed by atoms with Gasteiger partial charge < -0.3 is 10.5 Å². The Bertz CT molecular complexity index is 1460. The Hall–Kier alpha value is -3.73.